The second kappa shape index (κ2) is 7.49. The predicted molar refractivity (Wildman–Crippen MR) is 78.9 cm³/mol. The van der Waals surface area contributed by atoms with Crippen LogP contribution in [-0.2, 0) is 4.74 Å². The molecule has 0 aromatic rings. The van der Waals surface area contributed by atoms with Gasteiger partial charge in [0.25, 0.3) is 0 Å². The zero-order chi connectivity index (χ0) is 13.6. The molecule has 0 spiro atoms. The van der Waals surface area contributed by atoms with Gasteiger partial charge >= 0.3 is 0 Å². The molecule has 0 aromatic carbocycles. The Hall–Kier alpha value is -0.0800. The molecule has 1 fully saturated rings. The molecule has 0 bridgehead atoms. The Bertz CT molecular complexity index is 211. The Morgan fingerprint density at radius 3 is 2.44 bits per heavy atom. The molecular weight excluding hydrogens is 222 g/mol. The molecule has 1 aliphatic rings. The molecule has 108 valence electrons. The Kier molecular flexibility index (Phi) is 6.65. The van der Waals surface area contributed by atoms with Crippen molar-refractivity contribution < 1.29 is 4.74 Å². The first-order chi connectivity index (χ1) is 8.46. The predicted octanol–water partition coefficient (Wildman–Crippen LogP) is 3.85. The molecule has 1 saturated heterocycles. The van der Waals surface area contributed by atoms with Crippen molar-refractivity contribution in [2.24, 2.45) is 17.3 Å². The summed E-state index contributed by atoms with van der Waals surface area (Å²) in [5, 5.41) is 3.66. The number of hydrogen-bond donors (Lipinski definition) is 1. The van der Waals surface area contributed by atoms with Crippen LogP contribution in [0.5, 0.6) is 0 Å². The van der Waals surface area contributed by atoms with Crippen molar-refractivity contribution in [2.45, 2.75) is 66.4 Å². The molecule has 0 radical (unpaired) electrons. The van der Waals surface area contributed by atoms with Gasteiger partial charge < -0.3 is 10.1 Å². The van der Waals surface area contributed by atoms with Gasteiger partial charge in [0.1, 0.15) is 0 Å². The molecule has 1 N–H and O–H groups in total. The van der Waals surface area contributed by atoms with E-state index in [-0.39, 0.29) is 0 Å². The van der Waals surface area contributed by atoms with E-state index in [9.17, 15) is 0 Å². The van der Waals surface area contributed by atoms with E-state index in [1.165, 1.54) is 25.7 Å². The summed E-state index contributed by atoms with van der Waals surface area (Å²) < 4.78 is 5.84. The number of rotatable bonds is 8. The average Bonchev–Trinajstić information content (AvgIpc) is 2.60. The van der Waals surface area contributed by atoms with Crippen LogP contribution in [0.3, 0.4) is 0 Å². The van der Waals surface area contributed by atoms with E-state index < -0.39 is 0 Å². The maximum Gasteiger partial charge on any atom is 0.0616 e. The lowest BCUT2D eigenvalue weighted by Crippen LogP contribution is -2.40. The normalized spacial score (nSPS) is 28.5. The van der Waals surface area contributed by atoms with Crippen molar-refractivity contribution in [3.63, 3.8) is 0 Å². The summed E-state index contributed by atoms with van der Waals surface area (Å²) >= 11 is 0. The molecule has 0 amide bonds. The van der Waals surface area contributed by atoms with E-state index in [2.05, 4.69) is 39.9 Å². The van der Waals surface area contributed by atoms with Gasteiger partial charge in [0.15, 0.2) is 0 Å². The summed E-state index contributed by atoms with van der Waals surface area (Å²) in [4.78, 5) is 0. The molecule has 2 heteroatoms. The highest BCUT2D eigenvalue weighted by atomic mass is 16.5. The zero-order valence-electron chi connectivity index (χ0n) is 13.1. The van der Waals surface area contributed by atoms with Crippen molar-refractivity contribution in [3.8, 4) is 0 Å². The minimum Gasteiger partial charge on any atom is -0.378 e. The van der Waals surface area contributed by atoms with E-state index in [4.69, 9.17) is 4.74 Å². The van der Waals surface area contributed by atoms with Crippen LogP contribution < -0.4 is 5.32 Å². The summed E-state index contributed by atoms with van der Waals surface area (Å²) in [6.07, 6.45) is 5.66. The second-order valence-corrected chi connectivity index (χ2v) is 6.94. The van der Waals surface area contributed by atoms with Crippen LogP contribution in [0.2, 0.25) is 0 Å². The maximum atomic E-state index is 5.84. The van der Waals surface area contributed by atoms with Crippen LogP contribution in [0.4, 0.5) is 0 Å². The first-order valence-electron chi connectivity index (χ1n) is 7.78. The van der Waals surface area contributed by atoms with E-state index >= 15 is 0 Å². The molecule has 1 rings (SSSR count). The summed E-state index contributed by atoms with van der Waals surface area (Å²) in [5.74, 6) is 1.55. The second-order valence-electron chi connectivity index (χ2n) is 6.94. The number of hydrogen-bond acceptors (Lipinski definition) is 2. The number of ether oxygens (including phenoxy) is 1. The van der Waals surface area contributed by atoms with Crippen LogP contribution in [0.1, 0.15) is 60.3 Å². The van der Waals surface area contributed by atoms with Gasteiger partial charge in [-0.25, -0.2) is 0 Å². The van der Waals surface area contributed by atoms with E-state index in [0.717, 1.165) is 31.5 Å². The van der Waals surface area contributed by atoms with E-state index in [1.807, 2.05) is 0 Å². The lowest BCUT2D eigenvalue weighted by Gasteiger charge is -2.33. The fraction of sp³-hybridized carbons (Fsp3) is 1.00. The van der Waals surface area contributed by atoms with E-state index in [0.29, 0.717) is 11.5 Å². The average molecular weight is 255 g/mol. The minimum atomic E-state index is 0.393. The molecular formula is C16H33NO. The van der Waals surface area contributed by atoms with E-state index in [1.54, 1.807) is 0 Å². The third kappa shape index (κ3) is 4.89. The first-order valence-corrected chi connectivity index (χ1v) is 7.78. The third-order valence-corrected chi connectivity index (χ3v) is 4.32. The van der Waals surface area contributed by atoms with Crippen molar-refractivity contribution in [1.29, 1.82) is 0 Å². The summed E-state index contributed by atoms with van der Waals surface area (Å²) in [6, 6.07) is 0. The highest BCUT2D eigenvalue weighted by Gasteiger charge is 2.40. The fourth-order valence-electron chi connectivity index (χ4n) is 2.94. The van der Waals surface area contributed by atoms with Crippen LogP contribution in [-0.4, -0.2) is 25.8 Å². The standard InChI is InChI=1S/C16H33NO/c1-13(2)7-6-8-16(9-10-18-15(16)5)12-17-11-14(3)4/h13-15,17H,6-12H2,1-5H3. The summed E-state index contributed by atoms with van der Waals surface area (Å²) in [7, 11) is 0. The van der Waals surface area contributed by atoms with Crippen LogP contribution in [0.15, 0.2) is 0 Å². The van der Waals surface area contributed by atoms with Gasteiger partial charge in [-0.2, -0.15) is 0 Å². The van der Waals surface area contributed by atoms with Gasteiger partial charge in [0.2, 0.25) is 0 Å². The van der Waals surface area contributed by atoms with Crippen molar-refractivity contribution in [2.75, 3.05) is 19.7 Å². The van der Waals surface area contributed by atoms with Crippen molar-refractivity contribution in [1.82, 2.24) is 5.32 Å². The van der Waals surface area contributed by atoms with Gasteiger partial charge in [-0.1, -0.05) is 40.5 Å². The Morgan fingerprint density at radius 2 is 1.94 bits per heavy atom. The molecule has 18 heavy (non-hydrogen) atoms. The largest absolute Gasteiger partial charge is 0.378 e. The SMILES string of the molecule is CC(C)CCCC1(CNCC(C)C)CCOC1C. The van der Waals surface area contributed by atoms with Gasteiger partial charge in [0, 0.05) is 18.6 Å². The highest BCUT2D eigenvalue weighted by molar-refractivity contribution is 4.91. The number of nitrogens with one attached hydrogen (secondary N) is 1. The molecule has 2 atom stereocenters. The summed E-state index contributed by atoms with van der Waals surface area (Å²) in [5.41, 5.74) is 0.393. The smallest absolute Gasteiger partial charge is 0.0616 e. The quantitative estimate of drug-likeness (QED) is 0.711. The molecule has 0 aliphatic carbocycles. The minimum absolute atomic E-state index is 0.393. The Morgan fingerprint density at radius 1 is 1.22 bits per heavy atom. The van der Waals surface area contributed by atoms with Gasteiger partial charge in [0.05, 0.1) is 6.10 Å². The first kappa shape index (κ1) is 16.0. The molecule has 1 aliphatic heterocycles. The molecule has 0 saturated carbocycles. The molecule has 1 heterocycles. The van der Waals surface area contributed by atoms with Crippen LogP contribution >= 0.6 is 0 Å². The zero-order valence-corrected chi connectivity index (χ0v) is 13.1. The third-order valence-electron chi connectivity index (χ3n) is 4.32. The van der Waals surface area contributed by atoms with Crippen molar-refractivity contribution in [3.05, 3.63) is 0 Å². The molecule has 2 unspecified atom stereocenters. The maximum absolute atomic E-state index is 5.84. The van der Waals surface area contributed by atoms with Gasteiger partial charge in [-0.05, 0) is 38.1 Å². The van der Waals surface area contributed by atoms with Gasteiger partial charge in [-0.3, -0.25) is 0 Å². The fourth-order valence-corrected chi connectivity index (χ4v) is 2.94. The molecule has 2 nitrogen and oxygen atoms in total. The van der Waals surface area contributed by atoms with Crippen LogP contribution in [0, 0.1) is 17.3 Å². The molecule has 0 aromatic heterocycles. The van der Waals surface area contributed by atoms with Crippen LogP contribution in [0.25, 0.3) is 0 Å². The Labute approximate surface area is 114 Å². The highest BCUT2D eigenvalue weighted by Crippen LogP contribution is 2.39. The lowest BCUT2D eigenvalue weighted by molar-refractivity contribution is 0.0563. The topological polar surface area (TPSA) is 21.3 Å². The summed E-state index contributed by atoms with van der Waals surface area (Å²) in [6.45, 7) is 14.6. The van der Waals surface area contributed by atoms with Crippen molar-refractivity contribution >= 4 is 0 Å². The van der Waals surface area contributed by atoms with Gasteiger partial charge in [-0.15, -0.1) is 0 Å². The lowest BCUT2D eigenvalue weighted by atomic mass is 9.76. The monoisotopic (exact) mass is 255 g/mol. The Balaban J connectivity index is 2.43.